The van der Waals surface area contributed by atoms with Crippen molar-refractivity contribution in [2.75, 3.05) is 0 Å². The van der Waals surface area contributed by atoms with Gasteiger partial charge in [-0.1, -0.05) is 33.4 Å². The van der Waals surface area contributed by atoms with Crippen molar-refractivity contribution in [1.29, 1.82) is 0 Å². The molecule has 0 aromatic carbocycles. The van der Waals surface area contributed by atoms with Crippen LogP contribution in [0, 0.1) is 0 Å². The number of fused-ring (bicyclic) bond motifs is 4. The third kappa shape index (κ3) is 3.83. The fourth-order valence-corrected chi connectivity index (χ4v) is 3.56. The molecule has 0 amide bonds. The highest BCUT2D eigenvalue weighted by Gasteiger charge is 2.26. The van der Waals surface area contributed by atoms with Gasteiger partial charge < -0.3 is 10.6 Å². The van der Waals surface area contributed by atoms with Crippen LogP contribution in [0.1, 0.15) is 66.2 Å². The molecule has 2 N–H and O–H groups in total. The lowest BCUT2D eigenvalue weighted by Gasteiger charge is -2.19. The first kappa shape index (κ1) is 15.7. The van der Waals surface area contributed by atoms with E-state index in [-0.39, 0.29) is 14.9 Å². The second-order valence-electron chi connectivity index (χ2n) is 5.78. The van der Waals surface area contributed by atoms with E-state index in [4.69, 9.17) is 0 Å². The van der Waals surface area contributed by atoms with Crippen LogP contribution in [-0.4, -0.2) is 24.2 Å². The smallest absolute Gasteiger partial charge is 0.0253 e. The molecule has 4 aliphatic rings. The van der Waals surface area contributed by atoms with Crippen LogP contribution >= 0.6 is 0 Å². The van der Waals surface area contributed by atoms with E-state index < -0.39 is 0 Å². The van der Waals surface area contributed by atoms with Gasteiger partial charge in [-0.05, 0) is 44.9 Å². The first-order chi connectivity index (χ1) is 7.90. The predicted octanol–water partition coefficient (Wildman–Crippen LogP) is 3.63. The van der Waals surface area contributed by atoms with Gasteiger partial charge in [0.15, 0.2) is 0 Å². The van der Waals surface area contributed by atoms with Gasteiger partial charge in [0.1, 0.15) is 0 Å². The number of hydrogen-bond donors (Lipinski definition) is 2. The van der Waals surface area contributed by atoms with Crippen molar-refractivity contribution >= 4 is 0 Å². The molecular formula is C16H32N2. The fourth-order valence-electron chi connectivity index (χ4n) is 3.56. The summed E-state index contributed by atoms with van der Waals surface area (Å²) in [6.45, 7) is 0. The highest BCUT2D eigenvalue weighted by Crippen LogP contribution is 2.25. The summed E-state index contributed by atoms with van der Waals surface area (Å²) >= 11 is 0. The number of hydrogen-bond acceptors (Lipinski definition) is 2. The molecule has 4 rings (SSSR count). The number of rotatable bonds is 0. The van der Waals surface area contributed by atoms with Crippen LogP contribution in [0.3, 0.4) is 0 Å². The SMILES string of the molecule is C.C.C1=CC2CCC(C1)N2.C1CC2CCC(C1)N2. The third-order valence-corrected chi connectivity index (χ3v) is 4.51. The Morgan fingerprint density at radius 3 is 1.94 bits per heavy atom. The van der Waals surface area contributed by atoms with Crippen molar-refractivity contribution in [3.63, 3.8) is 0 Å². The van der Waals surface area contributed by atoms with E-state index in [0.717, 1.165) is 24.2 Å². The summed E-state index contributed by atoms with van der Waals surface area (Å²) in [6, 6.07) is 3.38. The molecule has 4 aliphatic heterocycles. The van der Waals surface area contributed by atoms with E-state index in [1.165, 1.54) is 51.4 Å². The summed E-state index contributed by atoms with van der Waals surface area (Å²) < 4.78 is 0. The molecule has 0 radical (unpaired) electrons. The largest absolute Gasteiger partial charge is 0.311 e. The van der Waals surface area contributed by atoms with E-state index in [2.05, 4.69) is 22.8 Å². The van der Waals surface area contributed by atoms with Crippen LogP contribution < -0.4 is 10.6 Å². The van der Waals surface area contributed by atoms with Gasteiger partial charge in [-0.3, -0.25) is 0 Å². The van der Waals surface area contributed by atoms with Crippen LogP contribution in [0.25, 0.3) is 0 Å². The molecule has 18 heavy (non-hydrogen) atoms. The van der Waals surface area contributed by atoms with Gasteiger partial charge in [-0.2, -0.15) is 0 Å². The molecule has 4 bridgehead atoms. The minimum atomic E-state index is 0. The van der Waals surface area contributed by atoms with Gasteiger partial charge in [0, 0.05) is 24.2 Å². The molecule has 3 fully saturated rings. The quantitative estimate of drug-likeness (QED) is 0.643. The van der Waals surface area contributed by atoms with Crippen molar-refractivity contribution in [2.24, 2.45) is 0 Å². The Morgan fingerprint density at radius 2 is 1.39 bits per heavy atom. The summed E-state index contributed by atoms with van der Waals surface area (Å²) in [5.74, 6) is 0. The summed E-state index contributed by atoms with van der Waals surface area (Å²) in [4.78, 5) is 0. The molecule has 4 atom stereocenters. The fraction of sp³-hybridized carbons (Fsp3) is 0.875. The van der Waals surface area contributed by atoms with Crippen LogP contribution in [-0.2, 0) is 0 Å². The molecule has 0 saturated carbocycles. The van der Waals surface area contributed by atoms with E-state index in [0.29, 0.717) is 0 Å². The molecule has 0 spiro atoms. The summed E-state index contributed by atoms with van der Waals surface area (Å²) in [6.07, 6.45) is 15.9. The zero-order valence-corrected chi connectivity index (χ0v) is 10.1. The zero-order chi connectivity index (χ0) is 10.8. The van der Waals surface area contributed by atoms with Gasteiger partial charge in [0.05, 0.1) is 0 Å². The Kier molecular flexibility index (Phi) is 6.37. The molecule has 3 saturated heterocycles. The van der Waals surface area contributed by atoms with Gasteiger partial charge in [0.25, 0.3) is 0 Å². The van der Waals surface area contributed by atoms with Gasteiger partial charge in [0.2, 0.25) is 0 Å². The molecule has 4 unspecified atom stereocenters. The molecule has 0 aliphatic carbocycles. The number of nitrogens with one attached hydrogen (secondary N) is 2. The van der Waals surface area contributed by atoms with Gasteiger partial charge in [-0.15, -0.1) is 0 Å². The van der Waals surface area contributed by atoms with Crippen molar-refractivity contribution in [2.45, 2.75) is 90.4 Å². The topological polar surface area (TPSA) is 24.1 Å². The van der Waals surface area contributed by atoms with E-state index in [9.17, 15) is 0 Å². The second-order valence-corrected chi connectivity index (χ2v) is 5.78. The molecule has 106 valence electrons. The highest BCUT2D eigenvalue weighted by molar-refractivity contribution is 5.06. The lowest BCUT2D eigenvalue weighted by molar-refractivity contribution is 0.406. The maximum Gasteiger partial charge on any atom is 0.0253 e. The first-order valence-electron chi connectivity index (χ1n) is 7.09. The molecule has 2 nitrogen and oxygen atoms in total. The molecule has 2 heteroatoms. The maximum atomic E-state index is 3.59. The minimum Gasteiger partial charge on any atom is -0.311 e. The standard InChI is InChI=1S/C7H13N.C7H11N.2CH4/c2*1-2-6-4-5-7(3-1)8-6;;/h6-8H,1-5H2;1-2,6-8H,3-5H2;2*1H4. The normalized spacial score (nSPS) is 39.1. The van der Waals surface area contributed by atoms with Crippen LogP contribution in [0.15, 0.2) is 12.2 Å². The lowest BCUT2D eigenvalue weighted by atomic mass is 10.1. The molecular weight excluding hydrogens is 220 g/mol. The van der Waals surface area contributed by atoms with Crippen LogP contribution in [0.4, 0.5) is 0 Å². The molecule has 0 aromatic rings. The van der Waals surface area contributed by atoms with Crippen LogP contribution in [0.2, 0.25) is 0 Å². The van der Waals surface area contributed by atoms with Gasteiger partial charge >= 0.3 is 0 Å². The predicted molar refractivity (Wildman–Crippen MR) is 81.0 cm³/mol. The molecule has 4 heterocycles. The van der Waals surface area contributed by atoms with E-state index in [1.807, 2.05) is 0 Å². The maximum absolute atomic E-state index is 3.59. The molecule has 0 aromatic heterocycles. The lowest BCUT2D eigenvalue weighted by Crippen LogP contribution is -2.33. The Labute approximate surface area is 114 Å². The second kappa shape index (κ2) is 7.30. The number of piperidine rings is 1. The van der Waals surface area contributed by atoms with E-state index >= 15 is 0 Å². The zero-order valence-electron chi connectivity index (χ0n) is 10.1. The minimum absolute atomic E-state index is 0. The van der Waals surface area contributed by atoms with Crippen molar-refractivity contribution in [3.8, 4) is 0 Å². The average molecular weight is 252 g/mol. The van der Waals surface area contributed by atoms with E-state index in [1.54, 1.807) is 0 Å². The Balaban J connectivity index is 0.000000162. The van der Waals surface area contributed by atoms with Crippen molar-refractivity contribution in [1.82, 2.24) is 10.6 Å². The van der Waals surface area contributed by atoms with Crippen LogP contribution in [0.5, 0.6) is 0 Å². The van der Waals surface area contributed by atoms with Gasteiger partial charge in [-0.25, -0.2) is 0 Å². The van der Waals surface area contributed by atoms with Crippen molar-refractivity contribution in [3.05, 3.63) is 12.2 Å². The third-order valence-electron chi connectivity index (χ3n) is 4.51. The first-order valence-corrected chi connectivity index (χ1v) is 7.09. The Morgan fingerprint density at radius 1 is 0.722 bits per heavy atom. The summed E-state index contributed by atoms with van der Waals surface area (Å²) in [5, 5.41) is 7.09. The Hall–Kier alpha value is -0.340. The monoisotopic (exact) mass is 252 g/mol. The highest BCUT2D eigenvalue weighted by atomic mass is 15.0. The summed E-state index contributed by atoms with van der Waals surface area (Å²) in [7, 11) is 0. The van der Waals surface area contributed by atoms with Crippen molar-refractivity contribution < 1.29 is 0 Å². The average Bonchev–Trinajstić information content (AvgIpc) is 2.83. The summed E-state index contributed by atoms with van der Waals surface area (Å²) in [5.41, 5.74) is 0. The Bertz CT molecular complexity index is 248.